The summed E-state index contributed by atoms with van der Waals surface area (Å²) >= 11 is 0. The summed E-state index contributed by atoms with van der Waals surface area (Å²) in [5.74, 6) is 0. The highest BCUT2D eigenvalue weighted by atomic mass is 28.3. The van der Waals surface area contributed by atoms with Crippen molar-refractivity contribution in [1.29, 1.82) is 0 Å². The van der Waals surface area contributed by atoms with Gasteiger partial charge in [-0.2, -0.15) is 0 Å². The molecule has 0 saturated heterocycles. The van der Waals surface area contributed by atoms with Crippen LogP contribution in [0.5, 0.6) is 0 Å². The highest BCUT2D eigenvalue weighted by Crippen LogP contribution is 2.06. The molecule has 1 N–H and O–H groups in total. The smallest absolute Gasteiger partial charge is 0.338 e. The Bertz CT molecular complexity index is 156. The Morgan fingerprint density at radius 1 is 1.07 bits per heavy atom. The third kappa shape index (κ3) is 7.24. The highest BCUT2D eigenvalue weighted by Gasteiger charge is 2.28. The summed E-state index contributed by atoms with van der Waals surface area (Å²) in [6.45, 7) is 14.8. The first-order chi connectivity index (χ1) is 6.94. The molecule has 0 aliphatic carbocycles. The van der Waals surface area contributed by atoms with Crippen molar-refractivity contribution in [3.8, 4) is 0 Å². The molecule has 0 fully saturated rings. The summed E-state index contributed by atoms with van der Waals surface area (Å²) in [5, 5.41) is 0. The van der Waals surface area contributed by atoms with Crippen LogP contribution in [0.15, 0.2) is 0 Å². The van der Waals surface area contributed by atoms with Crippen LogP contribution >= 0.6 is 0 Å². The summed E-state index contributed by atoms with van der Waals surface area (Å²) in [6, 6.07) is 0. The van der Waals surface area contributed by atoms with Crippen molar-refractivity contribution in [1.82, 2.24) is 4.98 Å². The lowest BCUT2D eigenvalue weighted by Gasteiger charge is -2.30. The van der Waals surface area contributed by atoms with Crippen molar-refractivity contribution in [3.63, 3.8) is 0 Å². The maximum Gasteiger partial charge on any atom is 0.338 e. The number of rotatable bonds is 8. The van der Waals surface area contributed by atoms with Gasteiger partial charge in [-0.15, -0.1) is 0 Å². The monoisotopic (exact) mass is 249 g/mol. The number of hydrogen-bond acceptors (Lipinski definition) is 3. The van der Waals surface area contributed by atoms with Gasteiger partial charge < -0.3 is 13.8 Å². The van der Waals surface area contributed by atoms with E-state index in [-0.39, 0.29) is 0 Å². The lowest BCUT2D eigenvalue weighted by molar-refractivity contribution is 0.201. The molecule has 92 valence electrons. The molecule has 0 rings (SSSR count). The van der Waals surface area contributed by atoms with Gasteiger partial charge in [-0.25, -0.2) is 0 Å². The SMILES string of the molecule is CCO[SiH](OCC)C(CC)N[Si](C)(C)C. The molecular formula is C10H27NO2Si2. The van der Waals surface area contributed by atoms with Gasteiger partial charge in [0.15, 0.2) is 0 Å². The zero-order valence-corrected chi connectivity index (χ0v) is 13.2. The van der Waals surface area contributed by atoms with Crippen LogP contribution in [0.2, 0.25) is 19.6 Å². The number of hydrogen-bond donors (Lipinski definition) is 1. The molecule has 0 aromatic rings. The van der Waals surface area contributed by atoms with E-state index >= 15 is 0 Å². The molecule has 3 nitrogen and oxygen atoms in total. The van der Waals surface area contributed by atoms with E-state index in [2.05, 4.69) is 31.5 Å². The zero-order valence-electron chi connectivity index (χ0n) is 11.1. The third-order valence-electron chi connectivity index (χ3n) is 2.05. The van der Waals surface area contributed by atoms with Crippen LogP contribution in [-0.4, -0.2) is 36.4 Å². The fourth-order valence-electron chi connectivity index (χ4n) is 1.53. The molecule has 0 aliphatic rings. The van der Waals surface area contributed by atoms with Crippen molar-refractivity contribution in [2.75, 3.05) is 13.2 Å². The standard InChI is InChI=1S/C10H27NO2Si2/c1-7-10(11-15(4,5)6)14(12-8-2)13-9-3/h10-11,14H,7-9H2,1-6H3. The molecule has 0 amide bonds. The van der Waals surface area contributed by atoms with Gasteiger partial charge in [-0.1, -0.05) is 26.6 Å². The van der Waals surface area contributed by atoms with E-state index in [9.17, 15) is 0 Å². The van der Waals surface area contributed by atoms with Crippen LogP contribution in [-0.2, 0) is 8.85 Å². The summed E-state index contributed by atoms with van der Waals surface area (Å²) in [4.78, 5) is 3.73. The van der Waals surface area contributed by atoms with Crippen molar-refractivity contribution in [3.05, 3.63) is 0 Å². The normalized spacial score (nSPS) is 14.6. The first-order valence-corrected chi connectivity index (χ1v) is 11.1. The fraction of sp³-hybridized carbons (Fsp3) is 1.00. The summed E-state index contributed by atoms with van der Waals surface area (Å²) in [5.41, 5.74) is 0.455. The molecule has 0 radical (unpaired) electrons. The quantitative estimate of drug-likeness (QED) is 0.668. The molecule has 1 unspecified atom stereocenters. The van der Waals surface area contributed by atoms with E-state index in [4.69, 9.17) is 8.85 Å². The molecule has 0 heterocycles. The Balaban J connectivity index is 4.30. The predicted molar refractivity (Wildman–Crippen MR) is 71.0 cm³/mol. The minimum Gasteiger partial charge on any atom is -0.396 e. The fourth-order valence-corrected chi connectivity index (χ4v) is 6.49. The minimum absolute atomic E-state index is 0.455. The molecule has 15 heavy (non-hydrogen) atoms. The van der Waals surface area contributed by atoms with Gasteiger partial charge in [-0.3, -0.25) is 0 Å². The van der Waals surface area contributed by atoms with Gasteiger partial charge in [0, 0.05) is 18.9 Å². The van der Waals surface area contributed by atoms with E-state index in [1.165, 1.54) is 0 Å². The largest absolute Gasteiger partial charge is 0.396 e. The first-order valence-electron chi connectivity index (χ1n) is 5.95. The van der Waals surface area contributed by atoms with Crippen molar-refractivity contribution >= 4 is 17.5 Å². The van der Waals surface area contributed by atoms with Crippen LogP contribution in [0.4, 0.5) is 0 Å². The zero-order chi connectivity index (χ0) is 11.9. The van der Waals surface area contributed by atoms with E-state index in [0.29, 0.717) is 5.67 Å². The third-order valence-corrected chi connectivity index (χ3v) is 6.24. The van der Waals surface area contributed by atoms with Gasteiger partial charge in [0.1, 0.15) is 8.24 Å². The lowest BCUT2D eigenvalue weighted by Crippen LogP contribution is -2.56. The van der Waals surface area contributed by atoms with Crippen LogP contribution < -0.4 is 4.98 Å². The summed E-state index contributed by atoms with van der Waals surface area (Å²) in [7, 11) is -2.76. The van der Waals surface area contributed by atoms with Crippen molar-refractivity contribution in [2.24, 2.45) is 0 Å². The van der Waals surface area contributed by atoms with Crippen LogP contribution in [0.1, 0.15) is 27.2 Å². The molecule has 5 heteroatoms. The Morgan fingerprint density at radius 2 is 1.53 bits per heavy atom. The van der Waals surface area contributed by atoms with Crippen LogP contribution in [0.25, 0.3) is 0 Å². The van der Waals surface area contributed by atoms with E-state index in [1.807, 2.05) is 13.8 Å². The Morgan fingerprint density at radius 3 is 1.80 bits per heavy atom. The van der Waals surface area contributed by atoms with Gasteiger partial charge in [-0.05, 0) is 20.3 Å². The minimum atomic E-state index is -1.52. The Labute approximate surface area is 97.5 Å². The topological polar surface area (TPSA) is 30.5 Å². The molecule has 0 aliphatic heterocycles. The van der Waals surface area contributed by atoms with Gasteiger partial charge in [0.25, 0.3) is 0 Å². The van der Waals surface area contributed by atoms with Crippen molar-refractivity contribution < 1.29 is 8.85 Å². The Hall–Kier alpha value is 0.314. The van der Waals surface area contributed by atoms with Crippen molar-refractivity contribution in [2.45, 2.75) is 52.5 Å². The molecule has 0 saturated carbocycles. The molecule has 0 aromatic carbocycles. The number of nitrogens with one attached hydrogen (secondary N) is 1. The van der Waals surface area contributed by atoms with Gasteiger partial charge in [0.05, 0.1) is 0 Å². The summed E-state index contributed by atoms with van der Waals surface area (Å²) in [6.07, 6.45) is 1.10. The van der Waals surface area contributed by atoms with E-state index in [1.54, 1.807) is 0 Å². The van der Waals surface area contributed by atoms with Crippen LogP contribution in [0.3, 0.4) is 0 Å². The lowest BCUT2D eigenvalue weighted by atomic mass is 10.5. The second-order valence-electron chi connectivity index (χ2n) is 4.69. The van der Waals surface area contributed by atoms with E-state index < -0.39 is 17.5 Å². The maximum atomic E-state index is 5.76. The molecular weight excluding hydrogens is 222 g/mol. The molecule has 1 atom stereocenters. The average molecular weight is 250 g/mol. The molecule has 0 bridgehead atoms. The van der Waals surface area contributed by atoms with E-state index in [0.717, 1.165) is 19.6 Å². The maximum absolute atomic E-state index is 5.76. The second kappa shape index (κ2) is 7.56. The Kier molecular flexibility index (Phi) is 7.72. The highest BCUT2D eigenvalue weighted by molar-refractivity contribution is 6.74. The predicted octanol–water partition coefficient (Wildman–Crippen LogP) is 2.02. The van der Waals surface area contributed by atoms with Gasteiger partial charge >= 0.3 is 9.28 Å². The molecule has 0 spiro atoms. The van der Waals surface area contributed by atoms with Gasteiger partial charge in [0.2, 0.25) is 0 Å². The average Bonchev–Trinajstić information content (AvgIpc) is 2.12. The molecule has 0 aromatic heterocycles. The first kappa shape index (κ1) is 15.3. The van der Waals surface area contributed by atoms with Crippen LogP contribution in [0, 0.1) is 0 Å². The second-order valence-corrected chi connectivity index (χ2v) is 11.7. The summed E-state index contributed by atoms with van der Waals surface area (Å²) < 4.78 is 11.5.